The number of carbonyl (C=O) groups is 2. The molecule has 7 nitrogen and oxygen atoms in total. The molecule has 0 atom stereocenters. The first-order valence-electron chi connectivity index (χ1n) is 9.61. The lowest BCUT2D eigenvalue weighted by molar-refractivity contribution is -0.134. The van der Waals surface area contributed by atoms with Crippen molar-refractivity contribution in [1.82, 2.24) is 20.0 Å². The quantitative estimate of drug-likeness (QED) is 0.742. The number of hydrogen-bond acceptors (Lipinski definition) is 5. The molecule has 26 heavy (non-hydrogen) atoms. The van der Waals surface area contributed by atoms with Crippen molar-refractivity contribution in [2.24, 2.45) is 0 Å². The first-order chi connectivity index (χ1) is 12.5. The molecular formula is C19H30N4O3. The van der Waals surface area contributed by atoms with Gasteiger partial charge in [-0.2, -0.15) is 0 Å². The second-order valence-corrected chi connectivity index (χ2v) is 7.27. The Morgan fingerprint density at radius 2 is 1.81 bits per heavy atom. The van der Waals surface area contributed by atoms with Gasteiger partial charge in [-0.1, -0.05) is 0 Å². The molecule has 0 bridgehead atoms. The molecule has 1 N–H and O–H groups in total. The number of nitrogens with zero attached hydrogens (tertiary/aromatic N) is 3. The van der Waals surface area contributed by atoms with Gasteiger partial charge in [0.05, 0.1) is 19.6 Å². The minimum Gasteiger partial charge on any atom is -0.464 e. The van der Waals surface area contributed by atoms with Gasteiger partial charge in [0.1, 0.15) is 11.5 Å². The van der Waals surface area contributed by atoms with E-state index in [1.807, 2.05) is 30.9 Å². The van der Waals surface area contributed by atoms with Crippen molar-refractivity contribution in [3.8, 4) is 0 Å². The highest BCUT2D eigenvalue weighted by Gasteiger charge is 2.34. The Labute approximate surface area is 155 Å². The summed E-state index contributed by atoms with van der Waals surface area (Å²) in [6.07, 6.45) is 2.18. The third-order valence-electron chi connectivity index (χ3n) is 5.00. The van der Waals surface area contributed by atoms with E-state index in [1.165, 1.54) is 0 Å². The summed E-state index contributed by atoms with van der Waals surface area (Å²) in [6.45, 7) is 9.27. The van der Waals surface area contributed by atoms with E-state index in [4.69, 9.17) is 4.42 Å². The molecule has 1 saturated carbocycles. The van der Waals surface area contributed by atoms with Crippen molar-refractivity contribution in [1.29, 1.82) is 0 Å². The third-order valence-corrected chi connectivity index (χ3v) is 5.00. The van der Waals surface area contributed by atoms with Crippen molar-refractivity contribution in [3.05, 3.63) is 23.7 Å². The molecule has 2 amide bonds. The molecule has 3 rings (SSSR count). The molecule has 1 aromatic rings. The summed E-state index contributed by atoms with van der Waals surface area (Å²) in [5.41, 5.74) is 0. The average molecular weight is 362 g/mol. The normalized spacial score (nSPS) is 18.7. The number of carbonyl (C=O) groups excluding carboxylic acids is 2. The molecule has 0 radical (unpaired) electrons. The first kappa shape index (κ1) is 18.9. The van der Waals surface area contributed by atoms with Crippen LogP contribution < -0.4 is 5.32 Å². The molecule has 0 spiro atoms. The second-order valence-electron chi connectivity index (χ2n) is 7.27. The Kier molecular flexibility index (Phi) is 6.32. The minimum atomic E-state index is 0.0747. The highest BCUT2D eigenvalue weighted by molar-refractivity contribution is 5.79. The topological polar surface area (TPSA) is 69.0 Å². The second kappa shape index (κ2) is 8.68. The Morgan fingerprint density at radius 1 is 1.15 bits per heavy atom. The SMILES string of the molecule is CCNC(=O)CN1CCN(CC(=O)N(Cc2ccc(C)o2)C2CC2)CC1. The Morgan fingerprint density at radius 3 is 2.35 bits per heavy atom. The predicted molar refractivity (Wildman–Crippen MR) is 98.6 cm³/mol. The fourth-order valence-corrected chi connectivity index (χ4v) is 3.39. The molecule has 0 unspecified atom stereocenters. The molecule has 1 saturated heterocycles. The van der Waals surface area contributed by atoms with Gasteiger partial charge < -0.3 is 14.6 Å². The fraction of sp³-hybridized carbons (Fsp3) is 0.684. The van der Waals surface area contributed by atoms with Crippen LogP contribution in [0.1, 0.15) is 31.3 Å². The molecule has 1 aliphatic heterocycles. The lowest BCUT2D eigenvalue weighted by Gasteiger charge is -2.35. The highest BCUT2D eigenvalue weighted by Crippen LogP contribution is 2.29. The monoisotopic (exact) mass is 362 g/mol. The molecule has 7 heteroatoms. The minimum absolute atomic E-state index is 0.0747. The molecule has 144 valence electrons. The van der Waals surface area contributed by atoms with Gasteiger partial charge in [0.15, 0.2) is 0 Å². The number of likely N-dealkylation sites (N-methyl/N-ethyl adjacent to an activating group) is 1. The summed E-state index contributed by atoms with van der Waals surface area (Å²) < 4.78 is 5.65. The molecule has 2 aliphatic rings. The summed E-state index contributed by atoms with van der Waals surface area (Å²) >= 11 is 0. The molecule has 2 heterocycles. The van der Waals surface area contributed by atoms with Gasteiger partial charge in [-0.05, 0) is 38.8 Å². The largest absolute Gasteiger partial charge is 0.464 e. The third kappa shape index (κ3) is 5.32. The zero-order valence-electron chi connectivity index (χ0n) is 15.9. The number of furan rings is 1. The van der Waals surface area contributed by atoms with Crippen LogP contribution in [0.25, 0.3) is 0 Å². The summed E-state index contributed by atoms with van der Waals surface area (Å²) in [6, 6.07) is 4.27. The zero-order chi connectivity index (χ0) is 18.5. The lowest BCUT2D eigenvalue weighted by atomic mass is 10.3. The Balaban J connectivity index is 1.46. The van der Waals surface area contributed by atoms with Crippen LogP contribution in [0.5, 0.6) is 0 Å². The summed E-state index contributed by atoms with van der Waals surface area (Å²) in [5, 5.41) is 2.83. The van der Waals surface area contributed by atoms with Crippen molar-refractivity contribution >= 4 is 11.8 Å². The number of amides is 2. The molecule has 0 aromatic carbocycles. The van der Waals surface area contributed by atoms with E-state index >= 15 is 0 Å². The van der Waals surface area contributed by atoms with Crippen LogP contribution in [0.4, 0.5) is 0 Å². The lowest BCUT2D eigenvalue weighted by Crippen LogP contribution is -2.52. The molecular weight excluding hydrogens is 332 g/mol. The number of piperazine rings is 1. The van der Waals surface area contributed by atoms with Gasteiger partial charge >= 0.3 is 0 Å². The van der Waals surface area contributed by atoms with Crippen molar-refractivity contribution < 1.29 is 14.0 Å². The van der Waals surface area contributed by atoms with Crippen LogP contribution in [-0.2, 0) is 16.1 Å². The van der Waals surface area contributed by atoms with E-state index in [2.05, 4.69) is 15.1 Å². The molecule has 1 aliphatic carbocycles. The van der Waals surface area contributed by atoms with Gasteiger partial charge in [-0.25, -0.2) is 0 Å². The van der Waals surface area contributed by atoms with Crippen LogP contribution in [0.15, 0.2) is 16.5 Å². The van der Waals surface area contributed by atoms with Gasteiger partial charge in [-0.15, -0.1) is 0 Å². The van der Waals surface area contributed by atoms with Crippen molar-refractivity contribution in [2.45, 2.75) is 39.3 Å². The van der Waals surface area contributed by atoms with Crippen LogP contribution in [0, 0.1) is 6.92 Å². The van der Waals surface area contributed by atoms with Crippen LogP contribution >= 0.6 is 0 Å². The molecule has 2 fully saturated rings. The summed E-state index contributed by atoms with van der Waals surface area (Å²) in [4.78, 5) is 30.8. The summed E-state index contributed by atoms with van der Waals surface area (Å²) in [5.74, 6) is 1.99. The van der Waals surface area contributed by atoms with Gasteiger partial charge in [0.25, 0.3) is 0 Å². The van der Waals surface area contributed by atoms with Crippen molar-refractivity contribution in [3.63, 3.8) is 0 Å². The van der Waals surface area contributed by atoms with Crippen molar-refractivity contribution in [2.75, 3.05) is 45.8 Å². The van der Waals surface area contributed by atoms with E-state index in [-0.39, 0.29) is 11.8 Å². The predicted octanol–water partition coefficient (Wildman–Crippen LogP) is 0.833. The van der Waals surface area contributed by atoms with Crippen LogP contribution in [0.3, 0.4) is 0 Å². The highest BCUT2D eigenvalue weighted by atomic mass is 16.3. The van der Waals surface area contributed by atoms with E-state index in [1.54, 1.807) is 0 Å². The van der Waals surface area contributed by atoms with Gasteiger partial charge in [0.2, 0.25) is 11.8 Å². The number of aryl methyl sites for hydroxylation is 1. The van der Waals surface area contributed by atoms with Crippen LogP contribution in [-0.4, -0.2) is 78.4 Å². The first-order valence-corrected chi connectivity index (χ1v) is 9.61. The van der Waals surface area contributed by atoms with E-state index in [0.717, 1.165) is 50.5 Å². The Bertz CT molecular complexity index is 618. The summed E-state index contributed by atoms with van der Waals surface area (Å²) in [7, 11) is 0. The fourth-order valence-electron chi connectivity index (χ4n) is 3.39. The van der Waals surface area contributed by atoms with Crippen LogP contribution in [0.2, 0.25) is 0 Å². The van der Waals surface area contributed by atoms with Gasteiger partial charge in [-0.3, -0.25) is 19.4 Å². The van der Waals surface area contributed by atoms with E-state index in [0.29, 0.717) is 32.2 Å². The van der Waals surface area contributed by atoms with Gasteiger partial charge in [0, 0.05) is 38.8 Å². The number of nitrogens with one attached hydrogen (secondary N) is 1. The molecule has 1 aromatic heterocycles. The maximum Gasteiger partial charge on any atom is 0.237 e. The maximum atomic E-state index is 12.8. The average Bonchev–Trinajstić information content (AvgIpc) is 3.36. The van der Waals surface area contributed by atoms with E-state index in [9.17, 15) is 9.59 Å². The maximum absolute atomic E-state index is 12.8. The van der Waals surface area contributed by atoms with E-state index < -0.39 is 0 Å². The number of rotatable bonds is 8. The number of hydrogen-bond donors (Lipinski definition) is 1. The smallest absolute Gasteiger partial charge is 0.237 e. The Hall–Kier alpha value is -1.86. The standard InChI is InChI=1S/C19H30N4O3/c1-3-20-18(24)13-21-8-10-22(11-9-21)14-19(25)23(16-5-6-16)12-17-7-4-15(2)26-17/h4,7,16H,3,5-6,8-14H2,1-2H3,(H,20,24). The zero-order valence-corrected chi connectivity index (χ0v) is 15.9.